The van der Waals surface area contributed by atoms with Gasteiger partial charge in [0.05, 0.1) is 27.6 Å². The first kappa shape index (κ1) is 14.7. The van der Waals surface area contributed by atoms with Gasteiger partial charge < -0.3 is 18.7 Å². The fourth-order valence-corrected chi connectivity index (χ4v) is 1.84. The highest BCUT2D eigenvalue weighted by Crippen LogP contribution is 2.31. The van der Waals surface area contributed by atoms with E-state index in [0.29, 0.717) is 19.0 Å². The van der Waals surface area contributed by atoms with Crippen LogP contribution in [-0.4, -0.2) is 57.5 Å². The molecule has 1 aliphatic heterocycles. The molecule has 2 rings (SSSR count). The van der Waals surface area contributed by atoms with Crippen LogP contribution < -0.4 is 9.47 Å². The summed E-state index contributed by atoms with van der Waals surface area (Å²) in [4.78, 5) is 11.7. The lowest BCUT2D eigenvalue weighted by Gasteiger charge is -2.26. The van der Waals surface area contributed by atoms with Crippen molar-refractivity contribution in [2.75, 3.05) is 40.9 Å². The number of hydrogen-bond donors (Lipinski definition) is 0. The topological polar surface area (TPSA) is 44.8 Å². The molecule has 0 radical (unpaired) electrons. The van der Waals surface area contributed by atoms with Crippen LogP contribution in [0.1, 0.15) is 6.42 Å². The van der Waals surface area contributed by atoms with Crippen molar-refractivity contribution in [1.82, 2.24) is 0 Å². The Bertz CT molecular complexity index is 467. The molecule has 1 aliphatic rings. The minimum atomic E-state index is -0.276. The second-order valence-electron chi connectivity index (χ2n) is 5.94. The lowest BCUT2D eigenvalue weighted by Crippen LogP contribution is -2.38. The van der Waals surface area contributed by atoms with E-state index in [4.69, 9.17) is 14.2 Å². The molecule has 0 saturated heterocycles. The molecule has 1 aromatic rings. The smallest absolute Gasteiger partial charge is 0.309 e. The van der Waals surface area contributed by atoms with Gasteiger partial charge in [0, 0.05) is 0 Å². The van der Waals surface area contributed by atoms with E-state index >= 15 is 0 Å². The van der Waals surface area contributed by atoms with E-state index in [9.17, 15) is 4.79 Å². The summed E-state index contributed by atoms with van der Waals surface area (Å²) in [6, 6.07) is 7.46. The van der Waals surface area contributed by atoms with Crippen LogP contribution in [0.15, 0.2) is 24.3 Å². The number of hydrogen-bond acceptors (Lipinski definition) is 4. The van der Waals surface area contributed by atoms with Gasteiger partial charge in [0.1, 0.15) is 25.9 Å². The number of nitrogens with zero attached hydrogens (tertiary/aromatic N) is 1. The lowest BCUT2D eigenvalue weighted by atomic mass is 10.2. The highest BCUT2D eigenvalue weighted by molar-refractivity contribution is 5.70. The van der Waals surface area contributed by atoms with Crippen molar-refractivity contribution in [3.8, 4) is 11.5 Å². The van der Waals surface area contributed by atoms with Gasteiger partial charge in [-0.2, -0.15) is 0 Å². The Hall–Kier alpha value is -1.75. The molecule has 0 amide bonds. The van der Waals surface area contributed by atoms with Gasteiger partial charge in [-0.3, -0.25) is 4.79 Å². The number of ether oxygens (including phenoxy) is 3. The van der Waals surface area contributed by atoms with Crippen LogP contribution in [0.3, 0.4) is 0 Å². The third-order valence-electron chi connectivity index (χ3n) is 2.99. The molecule has 1 aromatic carbocycles. The molecule has 0 saturated carbocycles. The highest BCUT2D eigenvalue weighted by atomic mass is 16.6. The monoisotopic (exact) mass is 280 g/mol. The minimum Gasteiger partial charge on any atom is -0.486 e. The van der Waals surface area contributed by atoms with Crippen LogP contribution in [0.2, 0.25) is 0 Å². The van der Waals surface area contributed by atoms with Crippen molar-refractivity contribution in [2.24, 2.45) is 0 Å². The van der Waals surface area contributed by atoms with Crippen molar-refractivity contribution >= 4 is 5.97 Å². The number of rotatable bonds is 5. The van der Waals surface area contributed by atoms with Gasteiger partial charge in [0.25, 0.3) is 0 Å². The molecule has 0 unspecified atom stereocenters. The van der Waals surface area contributed by atoms with Crippen molar-refractivity contribution in [2.45, 2.75) is 12.5 Å². The molecule has 0 N–H and O–H groups in total. The van der Waals surface area contributed by atoms with Crippen molar-refractivity contribution in [3.05, 3.63) is 24.3 Å². The zero-order chi connectivity index (χ0) is 14.6. The molecule has 0 bridgehead atoms. The fraction of sp³-hybridized carbons (Fsp3) is 0.533. The molecule has 1 atom stereocenters. The number of carbonyl (C=O) groups is 1. The second kappa shape index (κ2) is 6.13. The van der Waals surface area contributed by atoms with Gasteiger partial charge in [-0.05, 0) is 12.1 Å². The van der Waals surface area contributed by atoms with E-state index in [1.54, 1.807) is 0 Å². The zero-order valence-corrected chi connectivity index (χ0v) is 12.3. The first-order chi connectivity index (χ1) is 9.44. The van der Waals surface area contributed by atoms with E-state index in [1.807, 2.05) is 24.3 Å². The van der Waals surface area contributed by atoms with Crippen LogP contribution in [0.5, 0.6) is 11.5 Å². The summed E-state index contributed by atoms with van der Waals surface area (Å²) in [5, 5.41) is 0. The van der Waals surface area contributed by atoms with E-state index in [-0.39, 0.29) is 18.5 Å². The zero-order valence-electron chi connectivity index (χ0n) is 12.3. The predicted octanol–water partition coefficient (Wildman–Crippen LogP) is 1.47. The maximum absolute atomic E-state index is 11.7. The van der Waals surface area contributed by atoms with Gasteiger partial charge in [0.2, 0.25) is 0 Å². The van der Waals surface area contributed by atoms with Gasteiger partial charge in [-0.25, -0.2) is 0 Å². The summed E-state index contributed by atoms with van der Waals surface area (Å²) in [6.45, 7) is 1.59. The molecule has 0 aromatic heterocycles. The van der Waals surface area contributed by atoms with Crippen LogP contribution in [-0.2, 0) is 9.53 Å². The Morgan fingerprint density at radius 1 is 1.30 bits per heavy atom. The largest absolute Gasteiger partial charge is 0.486 e. The Labute approximate surface area is 119 Å². The summed E-state index contributed by atoms with van der Waals surface area (Å²) in [6.07, 6.45) is -0.0626. The number of quaternary nitrogens is 1. The predicted molar refractivity (Wildman–Crippen MR) is 74.8 cm³/mol. The van der Waals surface area contributed by atoms with Crippen LogP contribution >= 0.6 is 0 Å². The molecule has 5 heteroatoms. The van der Waals surface area contributed by atoms with E-state index in [2.05, 4.69) is 21.1 Å². The average molecular weight is 280 g/mol. The number of para-hydroxylation sites is 2. The summed E-state index contributed by atoms with van der Waals surface area (Å²) in [5.74, 6) is 1.16. The molecule has 20 heavy (non-hydrogen) atoms. The number of carbonyl (C=O) groups excluding carboxylic acids is 1. The van der Waals surface area contributed by atoms with Gasteiger partial charge in [0.15, 0.2) is 11.5 Å². The number of likely N-dealkylation sites (N-methyl/N-ethyl adjacent to an activating group) is 1. The van der Waals surface area contributed by atoms with Crippen molar-refractivity contribution in [1.29, 1.82) is 0 Å². The van der Waals surface area contributed by atoms with Gasteiger partial charge in [-0.15, -0.1) is 0 Å². The van der Waals surface area contributed by atoms with Gasteiger partial charge >= 0.3 is 5.97 Å². The molecule has 1 heterocycles. The molecular formula is C15H22NO4+. The summed E-state index contributed by atoms with van der Waals surface area (Å²) >= 11 is 0. The molecular weight excluding hydrogens is 258 g/mol. The molecule has 110 valence electrons. The molecule has 5 nitrogen and oxygen atoms in total. The Balaban J connectivity index is 1.76. The third-order valence-corrected chi connectivity index (χ3v) is 2.99. The van der Waals surface area contributed by atoms with Crippen molar-refractivity contribution < 1.29 is 23.5 Å². The highest BCUT2D eigenvalue weighted by Gasteiger charge is 2.24. The SMILES string of the molecule is C[N+](C)(C)CCOC(=O)C[C@@H]1COc2ccccc2O1. The Morgan fingerprint density at radius 2 is 2.00 bits per heavy atom. The maximum Gasteiger partial charge on any atom is 0.309 e. The fourth-order valence-electron chi connectivity index (χ4n) is 1.84. The number of esters is 1. The van der Waals surface area contributed by atoms with E-state index < -0.39 is 0 Å². The number of benzene rings is 1. The van der Waals surface area contributed by atoms with Crippen LogP contribution in [0.25, 0.3) is 0 Å². The van der Waals surface area contributed by atoms with Gasteiger partial charge in [-0.1, -0.05) is 12.1 Å². The second-order valence-corrected chi connectivity index (χ2v) is 5.94. The molecule has 0 spiro atoms. The maximum atomic E-state index is 11.7. The van der Waals surface area contributed by atoms with Crippen LogP contribution in [0.4, 0.5) is 0 Å². The van der Waals surface area contributed by atoms with E-state index in [0.717, 1.165) is 16.8 Å². The molecule has 0 aliphatic carbocycles. The quantitative estimate of drug-likeness (QED) is 0.605. The molecule has 0 fully saturated rings. The summed E-state index contributed by atoms with van der Waals surface area (Å²) in [7, 11) is 6.18. The standard InChI is InChI=1S/C15H22NO4/c1-16(2,3)8-9-18-15(17)10-12-11-19-13-6-4-5-7-14(13)20-12/h4-7,12H,8-11H2,1-3H3/q+1/t12-/m1/s1. The van der Waals surface area contributed by atoms with Crippen molar-refractivity contribution in [3.63, 3.8) is 0 Å². The first-order valence-corrected chi connectivity index (χ1v) is 6.78. The Morgan fingerprint density at radius 3 is 2.70 bits per heavy atom. The Kier molecular flexibility index (Phi) is 4.49. The van der Waals surface area contributed by atoms with E-state index in [1.165, 1.54) is 0 Å². The average Bonchev–Trinajstić information content (AvgIpc) is 2.37. The van der Waals surface area contributed by atoms with Crippen LogP contribution in [0, 0.1) is 0 Å². The first-order valence-electron chi connectivity index (χ1n) is 6.78. The minimum absolute atomic E-state index is 0.214. The normalized spacial score (nSPS) is 17.6. The summed E-state index contributed by atoms with van der Waals surface area (Å²) < 4.78 is 17.3. The number of fused-ring (bicyclic) bond motifs is 1. The third kappa shape index (κ3) is 4.42. The lowest BCUT2D eigenvalue weighted by molar-refractivity contribution is -0.870. The summed E-state index contributed by atoms with van der Waals surface area (Å²) in [5.41, 5.74) is 0.